The zero-order valence-corrected chi connectivity index (χ0v) is 14.5. The highest BCUT2D eigenvalue weighted by atomic mass is 35.5. The van der Waals surface area contributed by atoms with E-state index in [1.54, 1.807) is 17.4 Å². The maximum Gasteiger partial charge on any atom is 0.322 e. The molecule has 1 aliphatic rings. The van der Waals surface area contributed by atoms with E-state index in [1.807, 2.05) is 41.3 Å². The van der Waals surface area contributed by atoms with Gasteiger partial charge in [0.15, 0.2) is 0 Å². The Morgan fingerprint density at radius 2 is 2.00 bits per heavy atom. The van der Waals surface area contributed by atoms with Crippen LogP contribution in [0.5, 0.6) is 0 Å². The number of halogens is 1. The number of amides is 2. The van der Waals surface area contributed by atoms with Gasteiger partial charge >= 0.3 is 6.03 Å². The number of para-hydroxylation sites is 2. The van der Waals surface area contributed by atoms with E-state index in [-0.39, 0.29) is 12.1 Å². The van der Waals surface area contributed by atoms with Gasteiger partial charge < -0.3 is 10.2 Å². The number of hydrogen-bond acceptors (Lipinski definition) is 3. The average molecular weight is 358 g/mol. The Balaban J connectivity index is 1.58. The molecule has 1 saturated heterocycles. The van der Waals surface area contributed by atoms with Crippen LogP contribution in [0.4, 0.5) is 10.5 Å². The second-order valence-electron chi connectivity index (χ2n) is 5.78. The van der Waals surface area contributed by atoms with E-state index >= 15 is 0 Å². The monoisotopic (exact) mass is 357 g/mol. The summed E-state index contributed by atoms with van der Waals surface area (Å²) in [4.78, 5) is 19.3. The van der Waals surface area contributed by atoms with Crippen molar-refractivity contribution in [3.63, 3.8) is 0 Å². The first kappa shape index (κ1) is 15.4. The van der Waals surface area contributed by atoms with Crippen LogP contribution in [0.25, 0.3) is 10.2 Å². The molecule has 2 aromatic carbocycles. The molecule has 0 bridgehead atoms. The smallest absolute Gasteiger partial charge is 0.315 e. The molecule has 122 valence electrons. The van der Waals surface area contributed by atoms with Crippen LogP contribution in [0.15, 0.2) is 48.5 Å². The van der Waals surface area contributed by atoms with E-state index in [2.05, 4.69) is 11.4 Å². The van der Waals surface area contributed by atoms with Gasteiger partial charge in [0.25, 0.3) is 0 Å². The molecule has 6 heteroatoms. The molecule has 1 atom stereocenters. The van der Waals surface area contributed by atoms with Crippen molar-refractivity contribution >= 4 is 44.9 Å². The van der Waals surface area contributed by atoms with E-state index in [0.29, 0.717) is 10.7 Å². The Morgan fingerprint density at radius 3 is 2.83 bits per heavy atom. The maximum atomic E-state index is 12.7. The molecule has 1 N–H and O–H groups in total. The summed E-state index contributed by atoms with van der Waals surface area (Å²) in [7, 11) is 0. The summed E-state index contributed by atoms with van der Waals surface area (Å²) < 4.78 is 1.16. The maximum absolute atomic E-state index is 12.7. The number of benzene rings is 2. The minimum absolute atomic E-state index is 0.0323. The van der Waals surface area contributed by atoms with Gasteiger partial charge in [0.05, 0.1) is 27.0 Å². The van der Waals surface area contributed by atoms with Crippen LogP contribution in [0, 0.1) is 0 Å². The van der Waals surface area contributed by atoms with Crippen molar-refractivity contribution in [3.05, 3.63) is 58.6 Å². The van der Waals surface area contributed by atoms with Gasteiger partial charge in [0.1, 0.15) is 5.01 Å². The molecule has 2 heterocycles. The van der Waals surface area contributed by atoms with Gasteiger partial charge in [0.2, 0.25) is 0 Å². The minimum atomic E-state index is -0.121. The Kier molecular flexibility index (Phi) is 4.12. The van der Waals surface area contributed by atoms with Crippen molar-refractivity contribution in [1.82, 2.24) is 9.88 Å². The molecule has 0 aliphatic carbocycles. The molecule has 0 radical (unpaired) electrons. The number of carbonyl (C=O) groups excluding carboxylic acids is 1. The lowest BCUT2D eigenvalue weighted by atomic mass is 10.2. The van der Waals surface area contributed by atoms with Crippen LogP contribution in [0.1, 0.15) is 23.9 Å². The number of rotatable bonds is 2. The second-order valence-corrected chi connectivity index (χ2v) is 7.25. The fourth-order valence-corrected chi connectivity index (χ4v) is 4.35. The molecule has 1 unspecified atom stereocenters. The molecule has 1 aromatic heterocycles. The molecular formula is C18H16ClN3OS. The zero-order chi connectivity index (χ0) is 16.5. The number of anilines is 1. The first-order valence-electron chi connectivity index (χ1n) is 7.90. The summed E-state index contributed by atoms with van der Waals surface area (Å²) >= 11 is 7.80. The number of carbonyl (C=O) groups is 1. The lowest BCUT2D eigenvalue weighted by molar-refractivity contribution is 0.207. The number of hydrogen-bond donors (Lipinski definition) is 1. The van der Waals surface area contributed by atoms with E-state index in [0.717, 1.165) is 34.6 Å². The Morgan fingerprint density at radius 1 is 1.21 bits per heavy atom. The fraction of sp³-hybridized carbons (Fsp3) is 0.222. The summed E-state index contributed by atoms with van der Waals surface area (Å²) in [6, 6.07) is 15.3. The van der Waals surface area contributed by atoms with Gasteiger partial charge in [-0.25, -0.2) is 9.78 Å². The first-order valence-corrected chi connectivity index (χ1v) is 9.09. The molecule has 24 heavy (non-hydrogen) atoms. The summed E-state index contributed by atoms with van der Waals surface area (Å²) in [5, 5.41) is 4.46. The third-order valence-electron chi connectivity index (χ3n) is 4.22. The number of urea groups is 1. The molecule has 3 aromatic rings. The Bertz CT molecular complexity index is 862. The van der Waals surface area contributed by atoms with Crippen LogP contribution in [-0.2, 0) is 0 Å². The number of likely N-dealkylation sites (tertiary alicyclic amines) is 1. The standard InChI is InChI=1S/C18H16ClN3OS/c19-12-6-1-2-7-13(12)21-18(23)22-11-5-9-15(22)17-20-14-8-3-4-10-16(14)24-17/h1-4,6-8,10,15H,5,9,11H2,(H,21,23). The Hall–Kier alpha value is -2.11. The van der Waals surface area contributed by atoms with Gasteiger partial charge in [-0.05, 0) is 37.1 Å². The molecule has 4 nitrogen and oxygen atoms in total. The van der Waals surface area contributed by atoms with Crippen LogP contribution < -0.4 is 5.32 Å². The van der Waals surface area contributed by atoms with E-state index < -0.39 is 0 Å². The molecule has 1 aliphatic heterocycles. The third-order valence-corrected chi connectivity index (χ3v) is 5.69. The van der Waals surface area contributed by atoms with E-state index in [4.69, 9.17) is 16.6 Å². The van der Waals surface area contributed by atoms with E-state index in [1.165, 1.54) is 0 Å². The molecular weight excluding hydrogens is 342 g/mol. The highest BCUT2D eigenvalue weighted by Crippen LogP contribution is 2.37. The number of nitrogens with zero attached hydrogens (tertiary/aromatic N) is 2. The summed E-state index contributed by atoms with van der Waals surface area (Å²) in [5.41, 5.74) is 1.63. The topological polar surface area (TPSA) is 45.2 Å². The molecule has 1 fully saturated rings. The first-order chi connectivity index (χ1) is 11.7. The van der Waals surface area contributed by atoms with E-state index in [9.17, 15) is 4.79 Å². The largest absolute Gasteiger partial charge is 0.322 e. The summed E-state index contributed by atoms with van der Waals surface area (Å²) in [6.07, 6.45) is 1.92. The van der Waals surface area contributed by atoms with Gasteiger partial charge in [-0.15, -0.1) is 11.3 Å². The second kappa shape index (κ2) is 6.42. The van der Waals surface area contributed by atoms with Gasteiger partial charge in [-0.2, -0.15) is 0 Å². The summed E-state index contributed by atoms with van der Waals surface area (Å²) in [5.74, 6) is 0. The van der Waals surface area contributed by atoms with Crippen molar-refractivity contribution < 1.29 is 4.79 Å². The van der Waals surface area contributed by atoms with Gasteiger partial charge in [-0.3, -0.25) is 0 Å². The van der Waals surface area contributed by atoms with Crippen LogP contribution in [0.2, 0.25) is 5.02 Å². The normalized spacial score (nSPS) is 17.4. The number of fused-ring (bicyclic) bond motifs is 1. The highest BCUT2D eigenvalue weighted by molar-refractivity contribution is 7.18. The predicted octanol–water partition coefficient (Wildman–Crippen LogP) is 5.32. The molecule has 2 amide bonds. The number of nitrogens with one attached hydrogen (secondary N) is 1. The van der Waals surface area contributed by atoms with Crippen molar-refractivity contribution in [2.24, 2.45) is 0 Å². The quantitative estimate of drug-likeness (QED) is 0.674. The molecule has 0 spiro atoms. The van der Waals surface area contributed by atoms with Crippen molar-refractivity contribution in [1.29, 1.82) is 0 Å². The number of aromatic nitrogens is 1. The zero-order valence-electron chi connectivity index (χ0n) is 12.9. The average Bonchev–Trinajstić information content (AvgIpc) is 3.23. The third kappa shape index (κ3) is 2.85. The number of thiazole rings is 1. The molecule has 4 rings (SSSR count). The van der Waals surface area contributed by atoms with Crippen molar-refractivity contribution in [3.8, 4) is 0 Å². The van der Waals surface area contributed by atoms with Crippen LogP contribution in [0.3, 0.4) is 0 Å². The minimum Gasteiger partial charge on any atom is -0.315 e. The van der Waals surface area contributed by atoms with Crippen molar-refractivity contribution in [2.75, 3.05) is 11.9 Å². The lowest BCUT2D eigenvalue weighted by Gasteiger charge is -2.23. The van der Waals surface area contributed by atoms with Gasteiger partial charge in [0, 0.05) is 6.54 Å². The van der Waals surface area contributed by atoms with Crippen LogP contribution >= 0.6 is 22.9 Å². The predicted molar refractivity (Wildman–Crippen MR) is 98.8 cm³/mol. The SMILES string of the molecule is O=C(Nc1ccccc1Cl)N1CCCC1c1nc2ccccc2s1. The Labute approximate surface area is 149 Å². The van der Waals surface area contributed by atoms with Gasteiger partial charge in [-0.1, -0.05) is 35.9 Å². The van der Waals surface area contributed by atoms with Crippen LogP contribution in [-0.4, -0.2) is 22.5 Å². The lowest BCUT2D eigenvalue weighted by Crippen LogP contribution is -2.34. The highest BCUT2D eigenvalue weighted by Gasteiger charge is 2.32. The van der Waals surface area contributed by atoms with Crippen molar-refractivity contribution in [2.45, 2.75) is 18.9 Å². The fourth-order valence-electron chi connectivity index (χ4n) is 3.05. The summed E-state index contributed by atoms with van der Waals surface area (Å²) in [6.45, 7) is 0.733. The molecule has 0 saturated carbocycles.